The van der Waals surface area contributed by atoms with Crippen molar-refractivity contribution in [1.29, 1.82) is 0 Å². The highest BCUT2D eigenvalue weighted by molar-refractivity contribution is 5.83. The van der Waals surface area contributed by atoms with Crippen LogP contribution in [0.3, 0.4) is 0 Å². The summed E-state index contributed by atoms with van der Waals surface area (Å²) in [5.41, 5.74) is 0.912. The Balaban J connectivity index is 2.46. The van der Waals surface area contributed by atoms with E-state index in [-0.39, 0.29) is 0 Å². The van der Waals surface area contributed by atoms with Crippen molar-refractivity contribution < 1.29 is 4.74 Å². The molecule has 4 heteroatoms. The van der Waals surface area contributed by atoms with Crippen molar-refractivity contribution in [2.24, 2.45) is 10.9 Å². The van der Waals surface area contributed by atoms with Crippen LogP contribution in [-0.2, 0) is 0 Å². The van der Waals surface area contributed by atoms with Crippen LogP contribution >= 0.6 is 0 Å². The number of ether oxygens (including phenoxy) is 1. The molecule has 2 N–H and O–H groups in total. The molecule has 0 aromatic heterocycles. The lowest BCUT2D eigenvalue weighted by Gasteiger charge is -2.11. The standard InChI is InChI=1S/C12H19N3O/c1-15(2)8-5-9-16-12-7-4-3-6-11(12)10-14-13/h3-4,6-7,10H,5,8-9,13H2,1-2H3. The molecule has 1 aromatic rings. The molecule has 0 atom stereocenters. The molecule has 16 heavy (non-hydrogen) atoms. The zero-order chi connectivity index (χ0) is 11.8. The predicted molar refractivity (Wildman–Crippen MR) is 66.9 cm³/mol. The van der Waals surface area contributed by atoms with E-state index >= 15 is 0 Å². The maximum absolute atomic E-state index is 5.67. The van der Waals surface area contributed by atoms with Crippen molar-refractivity contribution in [3.8, 4) is 5.75 Å². The Bertz CT molecular complexity index is 337. The molecule has 0 fully saturated rings. The second-order valence-corrected chi connectivity index (χ2v) is 3.82. The van der Waals surface area contributed by atoms with Crippen LogP contribution in [0.4, 0.5) is 0 Å². The lowest BCUT2D eigenvalue weighted by molar-refractivity contribution is 0.281. The van der Waals surface area contributed by atoms with Gasteiger partial charge >= 0.3 is 0 Å². The Morgan fingerprint density at radius 2 is 2.12 bits per heavy atom. The molecule has 0 aliphatic heterocycles. The van der Waals surface area contributed by atoms with E-state index in [0.717, 1.165) is 24.3 Å². The number of rotatable bonds is 6. The number of nitrogens with two attached hydrogens (primary N) is 1. The minimum absolute atomic E-state index is 0.702. The Kier molecular flexibility index (Phi) is 5.36. The number of benzene rings is 1. The van der Waals surface area contributed by atoms with E-state index in [1.165, 1.54) is 0 Å². The lowest BCUT2D eigenvalue weighted by Crippen LogP contribution is -2.15. The first-order valence-corrected chi connectivity index (χ1v) is 5.34. The average molecular weight is 221 g/mol. The van der Waals surface area contributed by atoms with Gasteiger partial charge in [-0.2, -0.15) is 5.10 Å². The quantitative estimate of drug-likeness (QED) is 0.341. The number of nitrogens with zero attached hydrogens (tertiary/aromatic N) is 2. The first-order chi connectivity index (χ1) is 7.74. The third kappa shape index (κ3) is 4.31. The summed E-state index contributed by atoms with van der Waals surface area (Å²) < 4.78 is 5.67. The van der Waals surface area contributed by atoms with E-state index in [1.807, 2.05) is 24.3 Å². The summed E-state index contributed by atoms with van der Waals surface area (Å²) in [5, 5.41) is 3.51. The van der Waals surface area contributed by atoms with Crippen LogP contribution in [0, 0.1) is 0 Å². The van der Waals surface area contributed by atoms with Crippen LogP contribution in [0.1, 0.15) is 12.0 Å². The highest BCUT2D eigenvalue weighted by Gasteiger charge is 2.00. The fraction of sp³-hybridized carbons (Fsp3) is 0.417. The maximum atomic E-state index is 5.67. The smallest absolute Gasteiger partial charge is 0.128 e. The third-order valence-electron chi connectivity index (χ3n) is 2.14. The minimum Gasteiger partial charge on any atom is -0.493 e. The van der Waals surface area contributed by atoms with Gasteiger partial charge in [0.2, 0.25) is 0 Å². The van der Waals surface area contributed by atoms with Crippen LogP contribution in [0.2, 0.25) is 0 Å². The summed E-state index contributed by atoms with van der Waals surface area (Å²) >= 11 is 0. The maximum Gasteiger partial charge on any atom is 0.128 e. The highest BCUT2D eigenvalue weighted by Crippen LogP contribution is 2.15. The van der Waals surface area contributed by atoms with E-state index in [1.54, 1.807) is 6.21 Å². The summed E-state index contributed by atoms with van der Waals surface area (Å²) in [6.07, 6.45) is 2.60. The molecule has 0 spiro atoms. The van der Waals surface area contributed by atoms with E-state index < -0.39 is 0 Å². The molecule has 0 saturated heterocycles. The van der Waals surface area contributed by atoms with Gasteiger partial charge in [0.1, 0.15) is 5.75 Å². The topological polar surface area (TPSA) is 50.8 Å². The van der Waals surface area contributed by atoms with Crippen LogP contribution in [0.5, 0.6) is 5.75 Å². The van der Waals surface area contributed by atoms with Crippen molar-refractivity contribution in [3.05, 3.63) is 29.8 Å². The number of hydrazone groups is 1. The fourth-order valence-electron chi connectivity index (χ4n) is 1.36. The first-order valence-electron chi connectivity index (χ1n) is 5.34. The first kappa shape index (κ1) is 12.5. The van der Waals surface area contributed by atoms with Gasteiger partial charge in [0, 0.05) is 12.1 Å². The van der Waals surface area contributed by atoms with E-state index in [4.69, 9.17) is 10.6 Å². The van der Waals surface area contributed by atoms with Gasteiger partial charge in [-0.1, -0.05) is 12.1 Å². The predicted octanol–water partition coefficient (Wildman–Crippen LogP) is 1.31. The molecule has 0 aliphatic rings. The highest BCUT2D eigenvalue weighted by atomic mass is 16.5. The number of para-hydroxylation sites is 1. The van der Waals surface area contributed by atoms with Crippen LogP contribution in [0.15, 0.2) is 29.4 Å². The normalized spacial score (nSPS) is 11.2. The Hall–Kier alpha value is -1.55. The number of hydrogen-bond acceptors (Lipinski definition) is 4. The van der Waals surface area contributed by atoms with Crippen molar-refractivity contribution in [3.63, 3.8) is 0 Å². The van der Waals surface area contributed by atoms with Gasteiger partial charge in [0.15, 0.2) is 0 Å². The summed E-state index contributed by atoms with van der Waals surface area (Å²) in [4.78, 5) is 2.14. The van der Waals surface area contributed by atoms with Gasteiger partial charge in [0.05, 0.1) is 12.8 Å². The van der Waals surface area contributed by atoms with Gasteiger partial charge in [-0.25, -0.2) is 0 Å². The lowest BCUT2D eigenvalue weighted by atomic mass is 10.2. The SMILES string of the molecule is CN(C)CCCOc1ccccc1C=NN. The monoisotopic (exact) mass is 221 g/mol. The molecule has 0 saturated carbocycles. The van der Waals surface area contributed by atoms with Crippen molar-refractivity contribution in [1.82, 2.24) is 4.90 Å². The average Bonchev–Trinajstić information content (AvgIpc) is 2.26. The molecular weight excluding hydrogens is 202 g/mol. The molecular formula is C12H19N3O. The second-order valence-electron chi connectivity index (χ2n) is 3.82. The van der Waals surface area contributed by atoms with Gasteiger partial charge < -0.3 is 15.5 Å². The van der Waals surface area contributed by atoms with Crippen molar-refractivity contribution in [2.45, 2.75) is 6.42 Å². The van der Waals surface area contributed by atoms with Crippen LogP contribution in [-0.4, -0.2) is 38.4 Å². The van der Waals surface area contributed by atoms with Gasteiger partial charge in [-0.3, -0.25) is 0 Å². The van der Waals surface area contributed by atoms with E-state index in [0.29, 0.717) is 6.61 Å². The van der Waals surface area contributed by atoms with Crippen LogP contribution in [0.25, 0.3) is 0 Å². The van der Waals surface area contributed by atoms with Crippen LogP contribution < -0.4 is 10.6 Å². The van der Waals surface area contributed by atoms with Crippen molar-refractivity contribution in [2.75, 3.05) is 27.2 Å². The molecule has 0 radical (unpaired) electrons. The van der Waals surface area contributed by atoms with E-state index in [2.05, 4.69) is 24.1 Å². The Morgan fingerprint density at radius 1 is 1.38 bits per heavy atom. The fourth-order valence-corrected chi connectivity index (χ4v) is 1.36. The summed E-state index contributed by atoms with van der Waals surface area (Å²) in [7, 11) is 4.10. The Morgan fingerprint density at radius 3 is 2.81 bits per heavy atom. The largest absolute Gasteiger partial charge is 0.493 e. The minimum atomic E-state index is 0.702. The zero-order valence-electron chi connectivity index (χ0n) is 9.89. The van der Waals surface area contributed by atoms with E-state index in [9.17, 15) is 0 Å². The Labute approximate surface area is 96.7 Å². The molecule has 1 rings (SSSR count). The molecule has 0 amide bonds. The van der Waals surface area contributed by atoms with Gasteiger partial charge in [0.25, 0.3) is 0 Å². The molecule has 4 nitrogen and oxygen atoms in total. The van der Waals surface area contributed by atoms with Gasteiger partial charge in [-0.15, -0.1) is 0 Å². The molecule has 0 unspecified atom stereocenters. The second kappa shape index (κ2) is 6.85. The number of hydrogen-bond donors (Lipinski definition) is 1. The zero-order valence-corrected chi connectivity index (χ0v) is 9.89. The molecule has 0 aliphatic carbocycles. The summed E-state index contributed by atoms with van der Waals surface area (Å²) in [6.45, 7) is 1.72. The summed E-state index contributed by atoms with van der Waals surface area (Å²) in [5.74, 6) is 5.96. The third-order valence-corrected chi connectivity index (χ3v) is 2.14. The molecule has 88 valence electrons. The molecule has 0 bridgehead atoms. The summed E-state index contributed by atoms with van der Waals surface area (Å²) in [6, 6.07) is 7.73. The molecule has 1 aromatic carbocycles. The van der Waals surface area contributed by atoms with Gasteiger partial charge in [-0.05, 0) is 32.6 Å². The molecule has 0 heterocycles. The van der Waals surface area contributed by atoms with Crippen molar-refractivity contribution >= 4 is 6.21 Å².